The number of carbonyl (C=O) groups excluding carboxylic acids is 1. The molecule has 3 aliphatic rings. The molecule has 2 unspecified atom stereocenters. The van der Waals surface area contributed by atoms with Gasteiger partial charge >= 0.3 is 0 Å². The second-order valence-corrected chi connectivity index (χ2v) is 9.01. The summed E-state index contributed by atoms with van der Waals surface area (Å²) in [6, 6.07) is 9.72. The lowest BCUT2D eigenvalue weighted by atomic mass is 9.65. The van der Waals surface area contributed by atoms with E-state index in [0.717, 1.165) is 43.6 Å². The Kier molecular flexibility index (Phi) is 4.61. The monoisotopic (exact) mass is 390 g/mol. The van der Waals surface area contributed by atoms with Gasteiger partial charge in [-0.15, -0.1) is 0 Å². The number of aromatic nitrogens is 2. The predicted molar refractivity (Wildman–Crippen MR) is 107 cm³/mol. The van der Waals surface area contributed by atoms with Crippen LogP contribution in [-0.2, 0) is 0 Å². The van der Waals surface area contributed by atoms with E-state index in [2.05, 4.69) is 21.5 Å². The van der Waals surface area contributed by atoms with Crippen LogP contribution in [0.5, 0.6) is 0 Å². The van der Waals surface area contributed by atoms with Crippen LogP contribution in [0.4, 0.5) is 0 Å². The summed E-state index contributed by atoms with van der Waals surface area (Å²) in [6.45, 7) is 0. The molecule has 6 heteroatoms. The van der Waals surface area contributed by atoms with Crippen molar-refractivity contribution >= 4 is 5.91 Å². The van der Waals surface area contributed by atoms with Crippen LogP contribution in [0, 0.1) is 23.2 Å². The van der Waals surface area contributed by atoms with Crippen molar-refractivity contribution in [1.82, 2.24) is 15.5 Å². The standard InChI is InChI=1S/C23H26N4O2/c24-14-23(11-10-15-4-1-2-5-19(15)13-23)26-21(28)18-7-3-6-17(12-18)20-25-22(29-27-20)16-8-9-16/h3,6-7,12,15-16,19H,1-2,4-5,8-11,13H2,(H,26,28)/t15?,19?,23-/m0/s1. The molecule has 1 amide bonds. The Balaban J connectivity index is 1.32. The van der Waals surface area contributed by atoms with Gasteiger partial charge in [-0.25, -0.2) is 0 Å². The Morgan fingerprint density at radius 3 is 2.79 bits per heavy atom. The highest BCUT2D eigenvalue weighted by Crippen LogP contribution is 2.44. The second-order valence-electron chi connectivity index (χ2n) is 9.01. The van der Waals surface area contributed by atoms with Crippen LogP contribution in [0.3, 0.4) is 0 Å². The third-order valence-electron chi connectivity index (χ3n) is 6.94. The highest BCUT2D eigenvalue weighted by Gasteiger charge is 2.43. The molecule has 0 aliphatic heterocycles. The van der Waals surface area contributed by atoms with Crippen LogP contribution >= 0.6 is 0 Å². The first kappa shape index (κ1) is 18.4. The van der Waals surface area contributed by atoms with Gasteiger partial charge in [-0.1, -0.05) is 43.0 Å². The largest absolute Gasteiger partial charge is 0.339 e. The molecule has 3 saturated carbocycles. The maximum Gasteiger partial charge on any atom is 0.252 e. The van der Waals surface area contributed by atoms with E-state index in [-0.39, 0.29) is 5.91 Å². The van der Waals surface area contributed by atoms with E-state index in [0.29, 0.717) is 29.1 Å². The average Bonchev–Trinajstić information content (AvgIpc) is 3.50. The minimum Gasteiger partial charge on any atom is -0.339 e. The fourth-order valence-corrected chi connectivity index (χ4v) is 5.10. The summed E-state index contributed by atoms with van der Waals surface area (Å²) in [5.74, 6) is 2.68. The third kappa shape index (κ3) is 3.66. The van der Waals surface area contributed by atoms with Crippen molar-refractivity contribution in [1.29, 1.82) is 5.26 Å². The quantitative estimate of drug-likeness (QED) is 0.824. The van der Waals surface area contributed by atoms with Crippen LogP contribution in [-0.4, -0.2) is 21.6 Å². The first-order chi connectivity index (χ1) is 14.2. The van der Waals surface area contributed by atoms with Crippen LogP contribution in [0.15, 0.2) is 28.8 Å². The normalized spacial score (nSPS) is 28.9. The Morgan fingerprint density at radius 1 is 1.17 bits per heavy atom. The van der Waals surface area contributed by atoms with Gasteiger partial charge in [0.1, 0.15) is 5.54 Å². The molecule has 1 aromatic heterocycles. The number of benzene rings is 1. The van der Waals surface area contributed by atoms with Crippen molar-refractivity contribution in [3.05, 3.63) is 35.7 Å². The molecular formula is C23H26N4O2. The van der Waals surface area contributed by atoms with E-state index in [1.54, 1.807) is 12.1 Å². The van der Waals surface area contributed by atoms with Crippen molar-refractivity contribution in [3.63, 3.8) is 0 Å². The lowest BCUT2D eigenvalue weighted by Gasteiger charge is -2.43. The summed E-state index contributed by atoms with van der Waals surface area (Å²) in [5.41, 5.74) is 0.535. The molecule has 0 saturated heterocycles. The Labute approximate surface area is 170 Å². The van der Waals surface area contributed by atoms with E-state index in [1.807, 2.05) is 12.1 Å². The Bertz CT molecular complexity index is 958. The van der Waals surface area contributed by atoms with Gasteiger partial charge in [-0.2, -0.15) is 10.2 Å². The number of nitrogens with one attached hydrogen (secondary N) is 1. The van der Waals surface area contributed by atoms with Gasteiger partial charge in [0.05, 0.1) is 6.07 Å². The zero-order valence-corrected chi connectivity index (χ0v) is 16.6. The Hall–Kier alpha value is -2.68. The van der Waals surface area contributed by atoms with Gasteiger partial charge in [0.15, 0.2) is 0 Å². The lowest BCUT2D eigenvalue weighted by Crippen LogP contribution is -2.52. The number of hydrogen-bond donors (Lipinski definition) is 1. The minimum atomic E-state index is -0.753. The first-order valence-corrected chi connectivity index (χ1v) is 10.8. The van der Waals surface area contributed by atoms with Gasteiger partial charge in [0.25, 0.3) is 5.91 Å². The summed E-state index contributed by atoms with van der Waals surface area (Å²) in [4.78, 5) is 17.5. The molecule has 5 rings (SSSR count). The summed E-state index contributed by atoms with van der Waals surface area (Å²) >= 11 is 0. The van der Waals surface area contributed by atoms with Crippen LogP contribution in [0.25, 0.3) is 11.4 Å². The predicted octanol–water partition coefficient (Wildman–Crippen LogP) is 4.60. The number of nitrogens with zero attached hydrogens (tertiary/aromatic N) is 3. The number of nitriles is 1. The molecule has 29 heavy (non-hydrogen) atoms. The number of rotatable bonds is 4. The van der Waals surface area contributed by atoms with Gasteiger partial charge in [-0.3, -0.25) is 4.79 Å². The molecule has 1 heterocycles. The molecule has 1 N–H and O–H groups in total. The van der Waals surface area contributed by atoms with Crippen molar-refractivity contribution < 1.29 is 9.32 Å². The molecule has 3 fully saturated rings. The highest BCUT2D eigenvalue weighted by molar-refractivity contribution is 5.96. The molecule has 1 aromatic carbocycles. The molecule has 150 valence electrons. The highest BCUT2D eigenvalue weighted by atomic mass is 16.5. The van der Waals surface area contributed by atoms with Crippen LogP contribution in [0.2, 0.25) is 0 Å². The fraction of sp³-hybridized carbons (Fsp3) is 0.565. The molecule has 3 aliphatic carbocycles. The lowest BCUT2D eigenvalue weighted by molar-refractivity contribution is 0.0802. The molecule has 3 atom stereocenters. The zero-order valence-electron chi connectivity index (χ0n) is 16.6. The van der Waals surface area contributed by atoms with E-state index in [4.69, 9.17) is 4.52 Å². The molecule has 2 aromatic rings. The fourth-order valence-electron chi connectivity index (χ4n) is 5.10. The minimum absolute atomic E-state index is 0.200. The summed E-state index contributed by atoms with van der Waals surface area (Å²) in [7, 11) is 0. The van der Waals surface area contributed by atoms with E-state index in [1.165, 1.54) is 25.7 Å². The topological polar surface area (TPSA) is 91.8 Å². The number of carbonyl (C=O) groups is 1. The number of fused-ring (bicyclic) bond motifs is 1. The maximum atomic E-state index is 13.0. The number of hydrogen-bond acceptors (Lipinski definition) is 5. The van der Waals surface area contributed by atoms with Crippen molar-refractivity contribution in [2.24, 2.45) is 11.8 Å². The second kappa shape index (κ2) is 7.29. The van der Waals surface area contributed by atoms with Crippen molar-refractivity contribution in [2.75, 3.05) is 0 Å². The molecule has 6 nitrogen and oxygen atoms in total. The maximum absolute atomic E-state index is 13.0. The smallest absolute Gasteiger partial charge is 0.252 e. The van der Waals surface area contributed by atoms with Crippen LogP contribution in [0.1, 0.15) is 80.0 Å². The molecule has 0 radical (unpaired) electrons. The molecular weight excluding hydrogens is 364 g/mol. The third-order valence-corrected chi connectivity index (χ3v) is 6.94. The SMILES string of the molecule is N#C[C@]1(NC(=O)c2cccc(-c3noc(C4CC4)n3)c2)CCC2CCCCC2C1. The summed E-state index contributed by atoms with van der Waals surface area (Å²) < 4.78 is 5.34. The van der Waals surface area contributed by atoms with Gasteiger partial charge in [0, 0.05) is 17.0 Å². The van der Waals surface area contributed by atoms with Crippen molar-refractivity contribution in [2.45, 2.75) is 69.2 Å². The molecule has 0 bridgehead atoms. The summed E-state index contributed by atoms with van der Waals surface area (Å²) in [6.07, 6.45) is 9.75. The van der Waals surface area contributed by atoms with E-state index in [9.17, 15) is 10.1 Å². The van der Waals surface area contributed by atoms with E-state index < -0.39 is 5.54 Å². The van der Waals surface area contributed by atoms with Gasteiger partial charge < -0.3 is 9.84 Å². The summed E-state index contributed by atoms with van der Waals surface area (Å²) in [5, 5.41) is 17.1. The Morgan fingerprint density at radius 2 is 2.00 bits per heavy atom. The zero-order chi connectivity index (χ0) is 19.8. The van der Waals surface area contributed by atoms with E-state index >= 15 is 0 Å². The molecule has 0 spiro atoms. The van der Waals surface area contributed by atoms with Gasteiger partial charge in [-0.05, 0) is 56.1 Å². The average molecular weight is 390 g/mol. The van der Waals surface area contributed by atoms with Gasteiger partial charge in [0.2, 0.25) is 11.7 Å². The van der Waals surface area contributed by atoms with Crippen molar-refractivity contribution in [3.8, 4) is 17.5 Å². The number of amides is 1. The first-order valence-electron chi connectivity index (χ1n) is 10.8. The van der Waals surface area contributed by atoms with Crippen LogP contribution < -0.4 is 5.32 Å².